The average Bonchev–Trinajstić information content (AvgIpc) is 2.33. The second kappa shape index (κ2) is 10.8. The van der Waals surface area contributed by atoms with E-state index in [0.29, 0.717) is 19.4 Å². The molecule has 0 radical (unpaired) electrons. The zero-order chi connectivity index (χ0) is 14.7. The normalized spacial score (nSPS) is 13.8. The van der Waals surface area contributed by atoms with E-state index in [-0.39, 0.29) is 18.5 Å². The van der Waals surface area contributed by atoms with Crippen LogP contribution < -0.4 is 0 Å². The lowest BCUT2D eigenvalue weighted by atomic mass is 10.1. The highest BCUT2D eigenvalue weighted by molar-refractivity contribution is 5.75. The molecule has 0 aliphatic rings. The number of ether oxygens (including phenoxy) is 2. The van der Waals surface area contributed by atoms with E-state index < -0.39 is 12.1 Å². The van der Waals surface area contributed by atoms with Crippen LogP contribution in [0.1, 0.15) is 59.3 Å². The molecule has 0 saturated heterocycles. The molecule has 0 aliphatic heterocycles. The molecule has 112 valence electrons. The molecule has 0 spiro atoms. The summed E-state index contributed by atoms with van der Waals surface area (Å²) in [6, 6.07) is 0. The molecular formula is C14H26O5. The molecule has 2 unspecified atom stereocenters. The molecule has 0 aliphatic carbocycles. The molecule has 0 bridgehead atoms. The van der Waals surface area contributed by atoms with Crippen LogP contribution in [0.4, 0.5) is 0 Å². The minimum atomic E-state index is -0.859. The molecule has 2 atom stereocenters. The van der Waals surface area contributed by atoms with Crippen LogP contribution in [-0.2, 0) is 19.1 Å². The lowest BCUT2D eigenvalue weighted by Gasteiger charge is -2.19. The van der Waals surface area contributed by atoms with Gasteiger partial charge in [0.15, 0.2) is 6.10 Å². The van der Waals surface area contributed by atoms with Gasteiger partial charge in [0.05, 0.1) is 6.10 Å². The van der Waals surface area contributed by atoms with Gasteiger partial charge in [-0.1, -0.05) is 20.3 Å². The van der Waals surface area contributed by atoms with E-state index in [4.69, 9.17) is 14.6 Å². The number of carbonyl (C=O) groups excluding carboxylic acids is 1. The number of aliphatic carboxylic acids is 1. The Morgan fingerprint density at radius 1 is 1.16 bits per heavy atom. The predicted octanol–water partition coefficient (Wildman–Crippen LogP) is 2.77. The van der Waals surface area contributed by atoms with E-state index in [9.17, 15) is 9.59 Å². The first-order valence-electron chi connectivity index (χ1n) is 7.05. The molecule has 0 heterocycles. The third kappa shape index (κ3) is 9.47. The SMILES string of the molecule is CCCOC(CCCC(=O)O)C(=O)OC(C)CCC. The van der Waals surface area contributed by atoms with Gasteiger partial charge < -0.3 is 14.6 Å². The Balaban J connectivity index is 4.21. The molecule has 5 nitrogen and oxygen atoms in total. The van der Waals surface area contributed by atoms with E-state index >= 15 is 0 Å². The second-order valence-electron chi connectivity index (χ2n) is 4.68. The van der Waals surface area contributed by atoms with Gasteiger partial charge in [0.25, 0.3) is 0 Å². The molecule has 19 heavy (non-hydrogen) atoms. The maximum atomic E-state index is 11.9. The van der Waals surface area contributed by atoms with Crippen molar-refractivity contribution in [3.05, 3.63) is 0 Å². The summed E-state index contributed by atoms with van der Waals surface area (Å²) in [7, 11) is 0. The highest BCUT2D eigenvalue weighted by Gasteiger charge is 2.22. The van der Waals surface area contributed by atoms with Crippen LogP contribution in [-0.4, -0.2) is 35.9 Å². The number of carboxylic acids is 1. The topological polar surface area (TPSA) is 72.8 Å². The molecule has 5 heteroatoms. The third-order valence-electron chi connectivity index (χ3n) is 2.66. The van der Waals surface area contributed by atoms with E-state index in [1.165, 1.54) is 0 Å². The molecule has 0 aromatic rings. The molecule has 0 rings (SSSR count). The average molecular weight is 274 g/mol. The number of rotatable bonds is 11. The van der Waals surface area contributed by atoms with E-state index in [1.807, 2.05) is 20.8 Å². The van der Waals surface area contributed by atoms with Crippen molar-refractivity contribution in [2.45, 2.75) is 71.5 Å². The van der Waals surface area contributed by atoms with Gasteiger partial charge in [-0.2, -0.15) is 0 Å². The quantitative estimate of drug-likeness (QED) is 0.586. The zero-order valence-electron chi connectivity index (χ0n) is 12.2. The lowest BCUT2D eigenvalue weighted by molar-refractivity contribution is -0.163. The number of carboxylic acid groups (broad SMARTS) is 1. The van der Waals surface area contributed by atoms with Gasteiger partial charge in [-0.15, -0.1) is 0 Å². The Hall–Kier alpha value is -1.10. The summed E-state index contributed by atoms with van der Waals surface area (Å²) in [5.74, 6) is -1.23. The van der Waals surface area contributed by atoms with Crippen molar-refractivity contribution in [2.24, 2.45) is 0 Å². The van der Waals surface area contributed by atoms with E-state index in [1.54, 1.807) is 0 Å². The third-order valence-corrected chi connectivity index (χ3v) is 2.66. The first-order valence-corrected chi connectivity index (χ1v) is 7.05. The standard InChI is InChI=1S/C14H26O5/c1-4-7-11(3)19-14(17)12(18-10-5-2)8-6-9-13(15)16/h11-12H,4-10H2,1-3H3,(H,15,16). The highest BCUT2D eigenvalue weighted by atomic mass is 16.6. The second-order valence-corrected chi connectivity index (χ2v) is 4.68. The monoisotopic (exact) mass is 274 g/mol. The number of hydrogen-bond donors (Lipinski definition) is 1. The Kier molecular flexibility index (Phi) is 10.2. The van der Waals surface area contributed by atoms with Gasteiger partial charge in [0, 0.05) is 13.0 Å². The summed E-state index contributed by atoms with van der Waals surface area (Å²) in [5, 5.41) is 8.60. The summed E-state index contributed by atoms with van der Waals surface area (Å²) in [6.45, 7) is 6.33. The molecule has 0 amide bonds. The van der Waals surface area contributed by atoms with Gasteiger partial charge >= 0.3 is 11.9 Å². The highest BCUT2D eigenvalue weighted by Crippen LogP contribution is 2.11. The summed E-state index contributed by atoms with van der Waals surface area (Å²) in [4.78, 5) is 22.4. The Labute approximate surface area is 115 Å². The van der Waals surface area contributed by atoms with Gasteiger partial charge in [-0.3, -0.25) is 4.79 Å². The minimum absolute atomic E-state index is 0.0454. The van der Waals surface area contributed by atoms with E-state index in [0.717, 1.165) is 19.3 Å². The van der Waals surface area contributed by atoms with Crippen molar-refractivity contribution >= 4 is 11.9 Å². The predicted molar refractivity (Wildman–Crippen MR) is 72.0 cm³/mol. The molecule has 0 fully saturated rings. The Morgan fingerprint density at radius 2 is 1.84 bits per heavy atom. The Bertz CT molecular complexity index is 265. The number of hydrogen-bond acceptors (Lipinski definition) is 4. The summed E-state index contributed by atoms with van der Waals surface area (Å²) in [5.41, 5.74) is 0. The fraction of sp³-hybridized carbons (Fsp3) is 0.857. The van der Waals surface area contributed by atoms with E-state index in [2.05, 4.69) is 0 Å². The van der Waals surface area contributed by atoms with Gasteiger partial charge in [-0.25, -0.2) is 4.79 Å². The van der Waals surface area contributed by atoms with Crippen LogP contribution in [0.25, 0.3) is 0 Å². The van der Waals surface area contributed by atoms with Crippen molar-refractivity contribution in [1.29, 1.82) is 0 Å². The smallest absolute Gasteiger partial charge is 0.335 e. The first-order chi connectivity index (χ1) is 9.01. The summed E-state index contributed by atoms with van der Waals surface area (Å²) in [6.07, 6.45) is 2.68. The minimum Gasteiger partial charge on any atom is -0.481 e. The van der Waals surface area contributed by atoms with Gasteiger partial charge in [-0.05, 0) is 32.6 Å². The largest absolute Gasteiger partial charge is 0.481 e. The molecule has 0 aromatic heterocycles. The number of esters is 1. The van der Waals surface area contributed by atoms with Crippen molar-refractivity contribution in [1.82, 2.24) is 0 Å². The van der Waals surface area contributed by atoms with Crippen LogP contribution in [0.5, 0.6) is 0 Å². The van der Waals surface area contributed by atoms with Crippen LogP contribution in [0.2, 0.25) is 0 Å². The van der Waals surface area contributed by atoms with Crippen molar-refractivity contribution in [3.63, 3.8) is 0 Å². The zero-order valence-corrected chi connectivity index (χ0v) is 12.2. The van der Waals surface area contributed by atoms with Crippen LogP contribution in [0.3, 0.4) is 0 Å². The van der Waals surface area contributed by atoms with Crippen molar-refractivity contribution < 1.29 is 24.2 Å². The fourth-order valence-corrected chi connectivity index (χ4v) is 1.71. The molecular weight excluding hydrogens is 248 g/mol. The fourth-order valence-electron chi connectivity index (χ4n) is 1.71. The van der Waals surface area contributed by atoms with Crippen LogP contribution >= 0.6 is 0 Å². The Morgan fingerprint density at radius 3 is 2.37 bits per heavy atom. The molecule has 1 N–H and O–H groups in total. The summed E-state index contributed by atoms with van der Waals surface area (Å²) < 4.78 is 10.7. The summed E-state index contributed by atoms with van der Waals surface area (Å²) >= 11 is 0. The lowest BCUT2D eigenvalue weighted by Crippen LogP contribution is -2.30. The van der Waals surface area contributed by atoms with Gasteiger partial charge in [0.2, 0.25) is 0 Å². The van der Waals surface area contributed by atoms with Crippen molar-refractivity contribution in [2.75, 3.05) is 6.61 Å². The van der Waals surface area contributed by atoms with Gasteiger partial charge in [0.1, 0.15) is 0 Å². The number of carbonyl (C=O) groups is 2. The maximum Gasteiger partial charge on any atom is 0.335 e. The first kappa shape index (κ1) is 17.9. The van der Waals surface area contributed by atoms with Crippen LogP contribution in [0, 0.1) is 0 Å². The van der Waals surface area contributed by atoms with Crippen molar-refractivity contribution in [3.8, 4) is 0 Å². The molecule has 0 aromatic carbocycles. The van der Waals surface area contributed by atoms with Crippen LogP contribution in [0.15, 0.2) is 0 Å². The molecule has 0 saturated carbocycles. The maximum absolute atomic E-state index is 11.9.